The van der Waals surface area contributed by atoms with E-state index in [-0.39, 0.29) is 12.5 Å². The Morgan fingerprint density at radius 1 is 1.35 bits per heavy atom. The molecule has 2 rings (SSSR count). The molecule has 1 aromatic heterocycles. The smallest absolute Gasteiger partial charge is 0.241 e. The van der Waals surface area contributed by atoms with Gasteiger partial charge in [-0.25, -0.2) is 15.8 Å². The summed E-state index contributed by atoms with van der Waals surface area (Å²) < 4.78 is 0. The van der Waals surface area contributed by atoms with Gasteiger partial charge in [-0.15, -0.1) is 0 Å². The first-order valence-electron chi connectivity index (χ1n) is 7.09. The van der Waals surface area contributed by atoms with E-state index in [1.807, 2.05) is 4.90 Å². The lowest BCUT2D eigenvalue weighted by atomic mass is 10.3. The van der Waals surface area contributed by atoms with Crippen LogP contribution in [0.4, 0.5) is 11.6 Å². The van der Waals surface area contributed by atoms with Crippen molar-refractivity contribution in [3.63, 3.8) is 0 Å². The predicted octanol–water partition coefficient (Wildman–Crippen LogP) is 0.749. The summed E-state index contributed by atoms with van der Waals surface area (Å²) in [4.78, 5) is 22.5. The molecular formula is C13H22N6O. The minimum Gasteiger partial charge on any atom is -0.361 e. The van der Waals surface area contributed by atoms with E-state index in [1.165, 1.54) is 0 Å². The maximum Gasteiger partial charge on any atom is 0.241 e. The second-order valence-corrected chi connectivity index (χ2v) is 4.89. The average molecular weight is 278 g/mol. The number of carbonyl (C=O) groups excluding carboxylic acids is 1. The Morgan fingerprint density at radius 3 is 2.70 bits per heavy atom. The van der Waals surface area contributed by atoms with Crippen molar-refractivity contribution in [2.24, 2.45) is 5.84 Å². The van der Waals surface area contributed by atoms with E-state index >= 15 is 0 Å². The molecular weight excluding hydrogens is 256 g/mol. The number of anilines is 2. The lowest BCUT2D eigenvalue weighted by Gasteiger charge is -2.16. The van der Waals surface area contributed by atoms with Crippen molar-refractivity contribution in [2.75, 3.05) is 30.4 Å². The van der Waals surface area contributed by atoms with Gasteiger partial charge in [-0.05, 0) is 19.3 Å². The summed E-state index contributed by atoms with van der Waals surface area (Å²) in [7, 11) is 0. The highest BCUT2D eigenvalue weighted by atomic mass is 16.2. The summed E-state index contributed by atoms with van der Waals surface area (Å²) >= 11 is 0. The van der Waals surface area contributed by atoms with Crippen LogP contribution in [0.3, 0.4) is 0 Å². The largest absolute Gasteiger partial charge is 0.361 e. The molecule has 1 aliphatic rings. The first-order valence-corrected chi connectivity index (χ1v) is 7.09. The summed E-state index contributed by atoms with van der Waals surface area (Å²) in [5, 5.41) is 3.06. The summed E-state index contributed by atoms with van der Waals surface area (Å²) in [5.41, 5.74) is 2.52. The maximum absolute atomic E-state index is 12.0. The van der Waals surface area contributed by atoms with Gasteiger partial charge < -0.3 is 15.6 Å². The van der Waals surface area contributed by atoms with E-state index in [0.29, 0.717) is 11.6 Å². The van der Waals surface area contributed by atoms with Gasteiger partial charge in [0, 0.05) is 25.6 Å². The number of hydrogen-bond donors (Lipinski definition) is 3. The molecule has 7 nitrogen and oxygen atoms in total. The molecule has 1 amide bonds. The van der Waals surface area contributed by atoms with Crippen molar-refractivity contribution in [1.29, 1.82) is 0 Å². The highest BCUT2D eigenvalue weighted by Crippen LogP contribution is 2.12. The van der Waals surface area contributed by atoms with Gasteiger partial charge in [-0.1, -0.05) is 6.92 Å². The number of likely N-dealkylation sites (tertiary alicyclic amines) is 1. The van der Waals surface area contributed by atoms with Crippen molar-refractivity contribution in [3.05, 3.63) is 11.9 Å². The highest BCUT2D eigenvalue weighted by molar-refractivity contribution is 5.80. The number of nitrogen functional groups attached to an aromatic ring is 1. The molecule has 7 heteroatoms. The van der Waals surface area contributed by atoms with E-state index in [9.17, 15) is 4.79 Å². The van der Waals surface area contributed by atoms with Crippen molar-refractivity contribution in [1.82, 2.24) is 14.9 Å². The molecule has 0 radical (unpaired) electrons. The monoisotopic (exact) mass is 278 g/mol. The number of nitrogens with zero attached hydrogens (tertiary/aromatic N) is 3. The standard InChI is InChI=1S/C13H22N6O/c1-2-5-10-16-11(8-12(17-10)18-14)15-9-13(20)19-6-3-4-7-19/h8H,2-7,9,14H2,1H3,(H2,15,16,17,18). The Hall–Kier alpha value is -1.89. The Labute approximate surface area is 118 Å². The van der Waals surface area contributed by atoms with Gasteiger partial charge in [0.25, 0.3) is 0 Å². The molecule has 110 valence electrons. The number of carbonyl (C=O) groups is 1. The number of hydrazine groups is 1. The average Bonchev–Trinajstić information content (AvgIpc) is 2.99. The fourth-order valence-corrected chi connectivity index (χ4v) is 2.24. The molecule has 4 N–H and O–H groups in total. The normalized spacial score (nSPS) is 14.4. The first-order chi connectivity index (χ1) is 9.72. The van der Waals surface area contributed by atoms with Crippen LogP contribution < -0.4 is 16.6 Å². The van der Waals surface area contributed by atoms with Gasteiger partial charge in [0.05, 0.1) is 6.54 Å². The third-order valence-corrected chi connectivity index (χ3v) is 3.27. The Bertz CT molecular complexity index is 458. The Balaban J connectivity index is 1.97. The number of hydrogen-bond acceptors (Lipinski definition) is 6. The number of aryl methyl sites for hydroxylation is 1. The van der Waals surface area contributed by atoms with E-state index in [2.05, 4.69) is 27.6 Å². The third-order valence-electron chi connectivity index (χ3n) is 3.27. The lowest BCUT2D eigenvalue weighted by molar-refractivity contribution is -0.128. The fourth-order valence-electron chi connectivity index (χ4n) is 2.24. The van der Waals surface area contributed by atoms with Gasteiger partial charge >= 0.3 is 0 Å². The minimum absolute atomic E-state index is 0.111. The highest BCUT2D eigenvalue weighted by Gasteiger charge is 2.17. The molecule has 0 spiro atoms. The molecule has 0 aromatic carbocycles. The number of amides is 1. The molecule has 0 unspecified atom stereocenters. The maximum atomic E-state index is 12.0. The summed E-state index contributed by atoms with van der Waals surface area (Å²) in [5.74, 6) is 7.41. The van der Waals surface area contributed by atoms with E-state index in [1.54, 1.807) is 6.07 Å². The van der Waals surface area contributed by atoms with Gasteiger partial charge in [0.15, 0.2) is 0 Å². The van der Waals surface area contributed by atoms with Gasteiger partial charge in [-0.2, -0.15) is 0 Å². The Morgan fingerprint density at radius 2 is 2.05 bits per heavy atom. The minimum atomic E-state index is 0.111. The fraction of sp³-hybridized carbons (Fsp3) is 0.615. The Kier molecular flexibility index (Phi) is 5.11. The van der Waals surface area contributed by atoms with Crippen LogP contribution in [-0.4, -0.2) is 40.4 Å². The van der Waals surface area contributed by atoms with E-state index < -0.39 is 0 Å². The zero-order chi connectivity index (χ0) is 14.4. The predicted molar refractivity (Wildman–Crippen MR) is 78.1 cm³/mol. The third kappa shape index (κ3) is 3.80. The molecule has 0 bridgehead atoms. The molecule has 1 saturated heterocycles. The summed E-state index contributed by atoms with van der Waals surface area (Å²) in [6, 6.07) is 1.70. The molecule has 0 atom stereocenters. The molecule has 0 aliphatic carbocycles. The van der Waals surface area contributed by atoms with Crippen molar-refractivity contribution < 1.29 is 4.79 Å². The molecule has 0 saturated carbocycles. The lowest BCUT2D eigenvalue weighted by Crippen LogP contribution is -2.33. The van der Waals surface area contributed by atoms with Gasteiger partial charge in [0.2, 0.25) is 5.91 Å². The zero-order valence-corrected chi connectivity index (χ0v) is 11.9. The number of rotatable bonds is 6. The quantitative estimate of drug-likeness (QED) is 0.525. The van der Waals surface area contributed by atoms with Crippen molar-refractivity contribution in [2.45, 2.75) is 32.6 Å². The molecule has 2 heterocycles. The molecule has 1 aliphatic heterocycles. The number of aromatic nitrogens is 2. The first kappa shape index (κ1) is 14.5. The molecule has 1 aromatic rings. The van der Waals surface area contributed by atoms with Crippen LogP contribution in [0.5, 0.6) is 0 Å². The van der Waals surface area contributed by atoms with Gasteiger partial charge in [-0.3, -0.25) is 4.79 Å². The van der Waals surface area contributed by atoms with Crippen molar-refractivity contribution in [3.8, 4) is 0 Å². The van der Waals surface area contributed by atoms with E-state index in [0.717, 1.165) is 44.6 Å². The second-order valence-electron chi connectivity index (χ2n) is 4.89. The molecule has 1 fully saturated rings. The molecule has 20 heavy (non-hydrogen) atoms. The van der Waals surface area contributed by atoms with Crippen LogP contribution in [0.15, 0.2) is 6.07 Å². The van der Waals surface area contributed by atoms with Gasteiger partial charge in [0.1, 0.15) is 17.5 Å². The summed E-state index contributed by atoms with van der Waals surface area (Å²) in [6.07, 6.45) is 3.94. The second kappa shape index (κ2) is 7.04. The van der Waals surface area contributed by atoms with Crippen LogP contribution in [0, 0.1) is 0 Å². The van der Waals surface area contributed by atoms with Crippen LogP contribution in [0.25, 0.3) is 0 Å². The van der Waals surface area contributed by atoms with Crippen LogP contribution in [0.1, 0.15) is 32.0 Å². The zero-order valence-electron chi connectivity index (χ0n) is 11.9. The summed E-state index contributed by atoms with van der Waals surface area (Å²) in [6.45, 7) is 4.05. The van der Waals surface area contributed by atoms with Crippen LogP contribution in [0.2, 0.25) is 0 Å². The SMILES string of the molecule is CCCc1nc(NN)cc(NCC(=O)N2CCCC2)n1. The van der Waals surface area contributed by atoms with Crippen LogP contribution >= 0.6 is 0 Å². The van der Waals surface area contributed by atoms with Crippen molar-refractivity contribution >= 4 is 17.5 Å². The topological polar surface area (TPSA) is 96.2 Å². The number of nitrogens with one attached hydrogen (secondary N) is 2. The number of nitrogens with two attached hydrogens (primary N) is 1. The van der Waals surface area contributed by atoms with Crippen LogP contribution in [-0.2, 0) is 11.2 Å². The van der Waals surface area contributed by atoms with E-state index in [4.69, 9.17) is 5.84 Å².